The normalized spacial score (nSPS) is 20.2. The predicted octanol–water partition coefficient (Wildman–Crippen LogP) is -1.77. The van der Waals surface area contributed by atoms with E-state index in [0.717, 1.165) is 24.0 Å². The van der Waals surface area contributed by atoms with Crippen molar-refractivity contribution in [1.82, 2.24) is 9.88 Å². The first kappa shape index (κ1) is 18.6. The molecule has 3 rings (SSSR count). The molecule has 1 saturated heterocycles. The van der Waals surface area contributed by atoms with E-state index in [1.807, 2.05) is 37.3 Å². The summed E-state index contributed by atoms with van der Waals surface area (Å²) >= 11 is 0. The van der Waals surface area contributed by atoms with Gasteiger partial charge >= 0.3 is 0 Å². The molecule has 0 radical (unpaired) electrons. The van der Waals surface area contributed by atoms with Crippen molar-refractivity contribution < 1.29 is 14.6 Å². The molecule has 1 aromatic heterocycles. The van der Waals surface area contributed by atoms with Crippen molar-refractivity contribution >= 4 is 16.7 Å². The summed E-state index contributed by atoms with van der Waals surface area (Å²) in [7, 11) is 2.24. The summed E-state index contributed by atoms with van der Waals surface area (Å²) in [5.74, 6) is -0.0942. The van der Waals surface area contributed by atoms with Crippen LogP contribution in [0.4, 0.5) is 0 Å². The molecule has 1 fully saturated rings. The molecule has 0 atom stereocenters. The van der Waals surface area contributed by atoms with Crippen molar-refractivity contribution in [2.45, 2.75) is 19.9 Å². The average molecular weight is 358 g/mol. The summed E-state index contributed by atoms with van der Waals surface area (Å²) in [5, 5.41) is 4.54. The monoisotopic (exact) mass is 358 g/mol. The van der Waals surface area contributed by atoms with E-state index in [0.29, 0.717) is 11.9 Å². The van der Waals surface area contributed by atoms with Crippen LogP contribution >= 0.6 is 0 Å². The maximum absolute atomic E-state index is 12.6. The van der Waals surface area contributed by atoms with Gasteiger partial charge in [-0.3, -0.25) is 9.59 Å². The Labute approximate surface area is 154 Å². The standard InChI is InChI=1S/C20H28N4O2/c1-16-14-17-6-3-4-7-18(17)20(26)24(16)15-19(25)21-8-5-9-23-12-10-22(2)11-13-23/h3-4,6-7,14H,5,8-13,15H2,1-2H3,(H,21,25)/p+2. The third-order valence-corrected chi connectivity index (χ3v) is 5.37. The Morgan fingerprint density at radius 2 is 1.92 bits per heavy atom. The Balaban J connectivity index is 1.51. The number of rotatable bonds is 6. The SMILES string of the molecule is Cc1cc2ccccc2c(=O)n1CC(=O)NCCC[NH+]1CC[NH+](C)CC1. The van der Waals surface area contributed by atoms with Crippen LogP contribution in [0.3, 0.4) is 0 Å². The number of benzene rings is 1. The molecular weight excluding hydrogens is 328 g/mol. The van der Waals surface area contributed by atoms with Crippen LogP contribution in [-0.4, -0.2) is 56.8 Å². The highest BCUT2D eigenvalue weighted by Gasteiger charge is 2.19. The lowest BCUT2D eigenvalue weighted by atomic mass is 10.1. The van der Waals surface area contributed by atoms with Crippen LogP contribution in [0.15, 0.2) is 35.1 Å². The zero-order chi connectivity index (χ0) is 18.5. The van der Waals surface area contributed by atoms with Gasteiger partial charge < -0.3 is 19.7 Å². The van der Waals surface area contributed by atoms with Gasteiger partial charge in [-0.1, -0.05) is 18.2 Å². The first-order valence-corrected chi connectivity index (χ1v) is 9.55. The van der Waals surface area contributed by atoms with E-state index in [-0.39, 0.29) is 18.0 Å². The van der Waals surface area contributed by atoms with Gasteiger partial charge in [0, 0.05) is 24.0 Å². The van der Waals surface area contributed by atoms with Crippen molar-refractivity contribution in [3.63, 3.8) is 0 Å². The van der Waals surface area contributed by atoms with Crippen molar-refractivity contribution in [1.29, 1.82) is 0 Å². The van der Waals surface area contributed by atoms with Gasteiger partial charge in [0.2, 0.25) is 5.91 Å². The van der Waals surface area contributed by atoms with Crippen LogP contribution in [0.5, 0.6) is 0 Å². The number of hydrogen-bond acceptors (Lipinski definition) is 2. The second-order valence-electron chi connectivity index (χ2n) is 7.42. The molecule has 0 unspecified atom stereocenters. The highest BCUT2D eigenvalue weighted by Crippen LogP contribution is 2.11. The van der Waals surface area contributed by atoms with Gasteiger partial charge in [0.25, 0.3) is 5.56 Å². The van der Waals surface area contributed by atoms with Gasteiger partial charge in [0.15, 0.2) is 0 Å². The van der Waals surface area contributed by atoms with E-state index in [9.17, 15) is 9.59 Å². The molecule has 2 aromatic rings. The first-order chi connectivity index (χ1) is 12.5. The van der Waals surface area contributed by atoms with Crippen LogP contribution in [0, 0.1) is 6.92 Å². The Kier molecular flexibility index (Phi) is 6.06. The summed E-state index contributed by atoms with van der Waals surface area (Å²) in [4.78, 5) is 28.1. The Bertz CT molecular complexity index is 822. The molecule has 0 aliphatic carbocycles. The second kappa shape index (κ2) is 8.47. The van der Waals surface area contributed by atoms with Gasteiger partial charge in [-0.2, -0.15) is 0 Å². The Morgan fingerprint density at radius 3 is 2.69 bits per heavy atom. The molecule has 140 valence electrons. The highest BCUT2D eigenvalue weighted by molar-refractivity contribution is 5.82. The zero-order valence-corrected chi connectivity index (χ0v) is 15.8. The minimum absolute atomic E-state index is 0.0836. The lowest BCUT2D eigenvalue weighted by molar-refractivity contribution is -1.00. The summed E-state index contributed by atoms with van der Waals surface area (Å²) < 4.78 is 1.56. The molecular formula is C20H30N4O2+2. The molecule has 26 heavy (non-hydrogen) atoms. The molecule has 0 bridgehead atoms. The lowest BCUT2D eigenvalue weighted by Crippen LogP contribution is -3.27. The number of piperazine rings is 1. The number of aromatic nitrogens is 1. The minimum Gasteiger partial charge on any atom is -0.354 e. The number of amides is 1. The molecule has 1 aromatic carbocycles. The number of pyridine rings is 1. The number of likely N-dealkylation sites (N-methyl/N-ethyl adjacent to an activating group) is 1. The number of carbonyl (C=O) groups is 1. The molecule has 6 nitrogen and oxygen atoms in total. The van der Waals surface area contributed by atoms with E-state index in [4.69, 9.17) is 0 Å². The smallest absolute Gasteiger partial charge is 0.259 e. The number of nitrogens with zero attached hydrogens (tertiary/aromatic N) is 1. The molecule has 1 aliphatic heterocycles. The summed E-state index contributed by atoms with van der Waals surface area (Å²) in [5.41, 5.74) is 0.716. The number of aryl methyl sites for hydroxylation is 1. The quantitative estimate of drug-likeness (QED) is 0.536. The van der Waals surface area contributed by atoms with Crippen LogP contribution < -0.4 is 20.7 Å². The molecule has 3 N–H and O–H groups in total. The van der Waals surface area contributed by atoms with Gasteiger partial charge in [0.1, 0.15) is 32.7 Å². The zero-order valence-electron chi connectivity index (χ0n) is 15.8. The number of carbonyl (C=O) groups excluding carboxylic acids is 1. The van der Waals surface area contributed by atoms with E-state index >= 15 is 0 Å². The molecule has 0 spiro atoms. The third-order valence-electron chi connectivity index (χ3n) is 5.37. The Morgan fingerprint density at radius 1 is 1.19 bits per heavy atom. The van der Waals surface area contributed by atoms with Gasteiger partial charge in [0.05, 0.1) is 13.6 Å². The molecule has 1 aliphatic rings. The summed E-state index contributed by atoms with van der Waals surface area (Å²) in [6.45, 7) is 8.61. The van der Waals surface area contributed by atoms with Crippen molar-refractivity contribution in [3.8, 4) is 0 Å². The fraction of sp³-hybridized carbons (Fsp3) is 0.500. The second-order valence-corrected chi connectivity index (χ2v) is 7.42. The van der Waals surface area contributed by atoms with E-state index in [2.05, 4.69) is 12.4 Å². The van der Waals surface area contributed by atoms with Crippen LogP contribution in [-0.2, 0) is 11.3 Å². The molecule has 0 saturated carbocycles. The van der Waals surface area contributed by atoms with E-state index < -0.39 is 0 Å². The van der Waals surface area contributed by atoms with Gasteiger partial charge in [-0.15, -0.1) is 0 Å². The molecule has 6 heteroatoms. The summed E-state index contributed by atoms with van der Waals surface area (Å²) in [6, 6.07) is 9.47. The highest BCUT2D eigenvalue weighted by atomic mass is 16.2. The minimum atomic E-state index is -0.0971. The number of hydrogen-bond donors (Lipinski definition) is 3. The largest absolute Gasteiger partial charge is 0.354 e. The van der Waals surface area contributed by atoms with Crippen LogP contribution in [0.25, 0.3) is 10.8 Å². The van der Waals surface area contributed by atoms with E-state index in [1.54, 1.807) is 14.4 Å². The summed E-state index contributed by atoms with van der Waals surface area (Å²) in [6.07, 6.45) is 0.978. The molecule has 2 heterocycles. The third kappa shape index (κ3) is 4.51. The fourth-order valence-corrected chi connectivity index (χ4v) is 3.67. The first-order valence-electron chi connectivity index (χ1n) is 9.55. The number of quaternary nitrogens is 2. The van der Waals surface area contributed by atoms with Crippen molar-refractivity contribution in [3.05, 3.63) is 46.4 Å². The maximum atomic E-state index is 12.6. The maximum Gasteiger partial charge on any atom is 0.259 e. The van der Waals surface area contributed by atoms with E-state index in [1.165, 1.54) is 26.2 Å². The topological polar surface area (TPSA) is 60.0 Å². The van der Waals surface area contributed by atoms with Crippen molar-refractivity contribution in [2.75, 3.05) is 46.3 Å². The lowest BCUT2D eigenvalue weighted by Gasteiger charge is -2.27. The van der Waals surface area contributed by atoms with Gasteiger partial charge in [-0.05, 0) is 24.4 Å². The fourth-order valence-electron chi connectivity index (χ4n) is 3.67. The molecule has 1 amide bonds. The van der Waals surface area contributed by atoms with Crippen LogP contribution in [0.1, 0.15) is 12.1 Å². The Hall–Kier alpha value is -2.18. The number of fused-ring (bicyclic) bond motifs is 1. The van der Waals surface area contributed by atoms with Crippen LogP contribution in [0.2, 0.25) is 0 Å². The van der Waals surface area contributed by atoms with Crippen molar-refractivity contribution in [2.24, 2.45) is 0 Å². The van der Waals surface area contributed by atoms with Gasteiger partial charge in [-0.25, -0.2) is 0 Å². The average Bonchev–Trinajstić information content (AvgIpc) is 2.64. The number of nitrogens with one attached hydrogen (secondary N) is 3. The predicted molar refractivity (Wildman–Crippen MR) is 103 cm³/mol.